The van der Waals surface area contributed by atoms with Crippen LogP contribution in [0.5, 0.6) is 0 Å². The quantitative estimate of drug-likeness (QED) is 0.900. The molecule has 1 atom stereocenters. The lowest BCUT2D eigenvalue weighted by atomic mass is 10.2. The Balaban J connectivity index is 2.50. The number of anilines is 1. The molecule has 0 amide bonds. The highest BCUT2D eigenvalue weighted by Crippen LogP contribution is 2.33. The number of hydrogen-bond acceptors (Lipinski definition) is 2. The van der Waals surface area contributed by atoms with E-state index in [0.29, 0.717) is 10.2 Å². The summed E-state index contributed by atoms with van der Waals surface area (Å²) in [6, 6.07) is 5.07. The molecule has 0 aliphatic carbocycles. The van der Waals surface area contributed by atoms with Crippen molar-refractivity contribution in [2.24, 2.45) is 0 Å². The first-order valence-corrected chi connectivity index (χ1v) is 5.97. The minimum absolute atomic E-state index is 0.170. The lowest BCUT2D eigenvalue weighted by Gasteiger charge is -2.16. The molecule has 0 fully saturated rings. The third kappa shape index (κ3) is 2.91. The number of nitrogens with zero attached hydrogens (tertiary/aromatic N) is 2. The fourth-order valence-corrected chi connectivity index (χ4v) is 1.78. The molecule has 3 nitrogen and oxygen atoms in total. The van der Waals surface area contributed by atoms with Crippen LogP contribution in [0.4, 0.5) is 19.0 Å². The zero-order chi connectivity index (χ0) is 16.7. The molecule has 0 saturated heterocycles. The summed E-state index contributed by atoms with van der Waals surface area (Å²) in [5.74, 6) is -0.364. The molecule has 102 valence electrons. The van der Waals surface area contributed by atoms with Crippen LogP contribution in [0.1, 0.15) is 17.0 Å². The van der Waals surface area contributed by atoms with Crippen LogP contribution >= 0.6 is 15.9 Å². The van der Waals surface area contributed by atoms with Gasteiger partial charge in [0.25, 0.3) is 0 Å². The number of benzene rings is 1. The van der Waals surface area contributed by atoms with Crippen LogP contribution in [0.2, 0.25) is 0 Å². The second-order valence-electron chi connectivity index (χ2n) is 3.85. The lowest BCUT2D eigenvalue weighted by Crippen LogP contribution is -2.25. The van der Waals surface area contributed by atoms with Gasteiger partial charge in [0.05, 0.1) is 5.69 Å². The molecule has 2 N–H and O–H groups in total. The van der Waals surface area contributed by atoms with Crippen LogP contribution in [0.25, 0.3) is 11.3 Å². The van der Waals surface area contributed by atoms with Crippen molar-refractivity contribution in [3.8, 4) is 11.3 Å². The van der Waals surface area contributed by atoms with E-state index in [1.165, 1.54) is 6.07 Å². The molecule has 0 radical (unpaired) electrons. The molecule has 1 heterocycles. The monoisotopic (exact) mass is 336 g/mol. The van der Waals surface area contributed by atoms with Crippen LogP contribution in [-0.2, 0) is 0 Å². The minimum atomic E-state index is -5.00. The Hall–Kier alpha value is -1.50. The number of nitrogens with two attached hydrogens (primary N) is 1. The van der Waals surface area contributed by atoms with Gasteiger partial charge in [0.2, 0.25) is 0 Å². The summed E-state index contributed by atoms with van der Waals surface area (Å²) in [7, 11) is 0. The van der Waals surface area contributed by atoms with Gasteiger partial charge < -0.3 is 5.73 Å². The van der Waals surface area contributed by atoms with Gasteiger partial charge in [-0.3, -0.25) is 0 Å². The Morgan fingerprint density at radius 1 is 1.37 bits per heavy atom. The van der Waals surface area contributed by atoms with Gasteiger partial charge in [0.15, 0.2) is 0 Å². The molecule has 1 unspecified atom stereocenters. The van der Waals surface area contributed by atoms with Gasteiger partial charge in [0, 0.05) is 20.2 Å². The van der Waals surface area contributed by atoms with Gasteiger partial charge in [-0.1, -0.05) is 28.1 Å². The smallest absolute Gasteiger partial charge is 0.384 e. The molecule has 7 heteroatoms. The number of aromatic nitrogens is 2. The summed E-state index contributed by atoms with van der Waals surface area (Å²) >= 11 is 3.24. The standard InChI is InChI=1S/C12H11BrF3N3/c1-7(12(14,15)16)19-11(17)6-10(18-19)8-2-4-9(13)5-3-8/h2-7H,17H2,1H3/i1D3. The van der Waals surface area contributed by atoms with Gasteiger partial charge in [-0.05, 0) is 19.0 Å². The first-order chi connectivity index (χ1) is 10.00. The summed E-state index contributed by atoms with van der Waals surface area (Å²) in [4.78, 5) is 0. The highest BCUT2D eigenvalue weighted by atomic mass is 79.9. The van der Waals surface area contributed by atoms with E-state index in [1.807, 2.05) is 0 Å². The number of rotatable bonds is 2. The van der Waals surface area contributed by atoms with Crippen molar-refractivity contribution in [1.29, 1.82) is 0 Å². The molecule has 19 heavy (non-hydrogen) atoms. The first-order valence-electron chi connectivity index (χ1n) is 6.68. The number of halogens is 4. The maximum atomic E-state index is 13.1. The van der Waals surface area contributed by atoms with Crippen LogP contribution in [-0.4, -0.2) is 16.0 Å². The SMILES string of the molecule is [2H]C([2H])([2H])C(n1nc(-c2ccc(Br)cc2)cc1N)C(F)(F)F. The maximum Gasteiger partial charge on any atom is 0.410 e. The van der Waals surface area contributed by atoms with Crippen molar-refractivity contribution in [2.75, 3.05) is 5.73 Å². The fourth-order valence-electron chi connectivity index (χ4n) is 1.52. The summed E-state index contributed by atoms with van der Waals surface area (Å²) in [5, 5.41) is 3.74. The van der Waals surface area contributed by atoms with Crippen molar-refractivity contribution < 1.29 is 17.3 Å². The van der Waals surface area contributed by atoms with Crippen molar-refractivity contribution in [3.05, 3.63) is 34.8 Å². The van der Waals surface area contributed by atoms with E-state index in [1.54, 1.807) is 24.3 Å². The number of alkyl halides is 3. The Morgan fingerprint density at radius 2 is 2.00 bits per heavy atom. The zero-order valence-corrected chi connectivity index (χ0v) is 11.0. The zero-order valence-electron chi connectivity index (χ0n) is 12.4. The van der Waals surface area contributed by atoms with Gasteiger partial charge in [0.1, 0.15) is 11.9 Å². The minimum Gasteiger partial charge on any atom is -0.384 e. The second kappa shape index (κ2) is 4.88. The number of hydrogen-bond donors (Lipinski definition) is 1. The van der Waals surface area contributed by atoms with E-state index >= 15 is 0 Å². The Labute approximate surface area is 120 Å². The molecule has 0 bridgehead atoms. The summed E-state index contributed by atoms with van der Waals surface area (Å²) in [6.45, 7) is -3.31. The normalized spacial score (nSPS) is 16.5. The summed E-state index contributed by atoms with van der Waals surface area (Å²) < 4.78 is 61.6. The second-order valence-corrected chi connectivity index (χ2v) is 4.77. The molecular weight excluding hydrogens is 323 g/mol. The van der Waals surface area contributed by atoms with Crippen molar-refractivity contribution in [3.63, 3.8) is 0 Å². The summed E-state index contributed by atoms with van der Waals surface area (Å²) in [5.41, 5.74) is 6.24. The van der Waals surface area contributed by atoms with E-state index in [4.69, 9.17) is 9.85 Å². The average molecular weight is 337 g/mol. The maximum absolute atomic E-state index is 13.1. The topological polar surface area (TPSA) is 43.8 Å². The molecule has 0 aliphatic heterocycles. The van der Waals surface area contributed by atoms with E-state index < -0.39 is 19.1 Å². The molecule has 0 aliphatic rings. The predicted molar refractivity (Wildman–Crippen MR) is 70.5 cm³/mol. The van der Waals surface area contributed by atoms with Crippen LogP contribution in [0, 0.1) is 0 Å². The third-order valence-electron chi connectivity index (χ3n) is 2.46. The van der Waals surface area contributed by atoms with E-state index in [-0.39, 0.29) is 11.5 Å². The Bertz CT molecular complexity index is 651. The molecule has 1 aromatic heterocycles. The number of nitrogen functional groups attached to an aromatic ring is 1. The van der Waals surface area contributed by atoms with Crippen molar-refractivity contribution in [1.82, 2.24) is 9.78 Å². The van der Waals surface area contributed by atoms with Gasteiger partial charge in [-0.15, -0.1) is 0 Å². The highest BCUT2D eigenvalue weighted by molar-refractivity contribution is 9.10. The van der Waals surface area contributed by atoms with Gasteiger partial charge in [-0.25, -0.2) is 4.68 Å². The van der Waals surface area contributed by atoms with E-state index in [0.717, 1.165) is 4.47 Å². The summed E-state index contributed by atoms with van der Waals surface area (Å²) in [6.07, 6.45) is -5.00. The largest absolute Gasteiger partial charge is 0.410 e. The molecule has 1 aromatic carbocycles. The lowest BCUT2D eigenvalue weighted by molar-refractivity contribution is -0.164. The van der Waals surface area contributed by atoms with Crippen molar-refractivity contribution >= 4 is 21.7 Å². The highest BCUT2D eigenvalue weighted by Gasteiger charge is 2.39. The van der Waals surface area contributed by atoms with Crippen LogP contribution < -0.4 is 5.73 Å². The van der Waals surface area contributed by atoms with Gasteiger partial charge >= 0.3 is 6.18 Å². The predicted octanol–water partition coefficient (Wildman–Crippen LogP) is 4.02. The Morgan fingerprint density at radius 3 is 2.53 bits per heavy atom. The van der Waals surface area contributed by atoms with E-state index in [2.05, 4.69) is 21.0 Å². The van der Waals surface area contributed by atoms with Crippen molar-refractivity contribution in [2.45, 2.75) is 19.1 Å². The fraction of sp³-hybridized carbons (Fsp3) is 0.250. The van der Waals surface area contributed by atoms with Gasteiger partial charge in [-0.2, -0.15) is 18.3 Å². The van der Waals surface area contributed by atoms with E-state index in [9.17, 15) is 13.2 Å². The van der Waals surface area contributed by atoms with Crippen LogP contribution in [0.3, 0.4) is 0 Å². The Kier molecular flexibility index (Phi) is 2.65. The molecular formula is C12H11BrF3N3. The first kappa shape index (κ1) is 10.3. The van der Waals surface area contributed by atoms with Crippen LogP contribution in [0.15, 0.2) is 34.8 Å². The molecule has 0 saturated carbocycles. The average Bonchev–Trinajstić information content (AvgIpc) is 2.68. The third-order valence-corrected chi connectivity index (χ3v) is 2.99. The molecule has 2 aromatic rings. The molecule has 2 rings (SSSR count). The molecule has 0 spiro atoms.